The first kappa shape index (κ1) is 32.4. The number of hydrogen-bond acceptors (Lipinski definition) is 5. The number of ether oxygens (including phenoxy) is 2. The van der Waals surface area contributed by atoms with Crippen molar-refractivity contribution in [3.05, 3.63) is 87.5 Å². The molecule has 2 aromatic carbocycles. The van der Waals surface area contributed by atoms with Crippen molar-refractivity contribution in [3.63, 3.8) is 0 Å². The zero-order chi connectivity index (χ0) is 29.9. The van der Waals surface area contributed by atoms with E-state index in [9.17, 15) is 18.4 Å². The Kier molecular flexibility index (Phi) is 12.2. The smallest absolute Gasteiger partial charge is 0.337 e. The summed E-state index contributed by atoms with van der Waals surface area (Å²) < 4.78 is 39.0. The third-order valence-electron chi connectivity index (χ3n) is 5.92. The van der Waals surface area contributed by atoms with Crippen LogP contribution in [0.15, 0.2) is 53.3 Å². The Morgan fingerprint density at radius 2 is 1.75 bits per heavy atom. The van der Waals surface area contributed by atoms with Gasteiger partial charge < -0.3 is 19.4 Å². The maximum atomic E-state index is 14.6. The van der Waals surface area contributed by atoms with E-state index in [1.165, 1.54) is 31.7 Å². The number of carbonyl (C=O) groups is 1. The van der Waals surface area contributed by atoms with E-state index >= 15 is 0 Å². The SMILES string of the molecule is CC.CC.CC1(C)CCOC1.COC(=O)c1ccc2nc(Cc3cc(F)c(-c4cccc(=O)[nH]4)cc3F)[nH]c2c1. The molecule has 0 radical (unpaired) electrons. The van der Waals surface area contributed by atoms with Crippen LogP contribution < -0.4 is 5.56 Å². The fourth-order valence-electron chi connectivity index (χ4n) is 3.88. The number of carbonyl (C=O) groups excluding carboxylic acids is 1. The molecular weight excluding hydrogens is 516 g/mol. The van der Waals surface area contributed by atoms with E-state index in [0.717, 1.165) is 25.3 Å². The Labute approximate surface area is 234 Å². The number of methoxy groups -OCH3 is 1. The Morgan fingerprint density at radius 3 is 2.33 bits per heavy atom. The average molecular weight is 556 g/mol. The van der Waals surface area contributed by atoms with Gasteiger partial charge in [0.05, 0.1) is 36.0 Å². The van der Waals surface area contributed by atoms with E-state index in [4.69, 9.17) is 4.74 Å². The number of rotatable bonds is 4. The summed E-state index contributed by atoms with van der Waals surface area (Å²) in [5.74, 6) is -1.35. The summed E-state index contributed by atoms with van der Waals surface area (Å²) in [7, 11) is 1.29. The Hall–Kier alpha value is -3.85. The highest BCUT2D eigenvalue weighted by atomic mass is 19.1. The number of imidazole rings is 1. The van der Waals surface area contributed by atoms with Gasteiger partial charge in [0, 0.05) is 24.7 Å². The van der Waals surface area contributed by atoms with Gasteiger partial charge in [-0.25, -0.2) is 18.6 Å². The van der Waals surface area contributed by atoms with Crippen molar-refractivity contribution in [1.82, 2.24) is 15.0 Å². The molecule has 7 nitrogen and oxygen atoms in total. The molecule has 5 rings (SSSR count). The van der Waals surface area contributed by atoms with Crippen LogP contribution >= 0.6 is 0 Å². The number of fused-ring (bicyclic) bond motifs is 1. The minimum atomic E-state index is -0.660. The van der Waals surface area contributed by atoms with Gasteiger partial charge in [0.1, 0.15) is 17.5 Å². The highest BCUT2D eigenvalue weighted by Gasteiger charge is 2.23. The number of pyridine rings is 1. The number of aromatic nitrogens is 3. The van der Waals surface area contributed by atoms with Gasteiger partial charge in [0.15, 0.2) is 0 Å². The molecular formula is C31H39F2N3O4. The molecule has 0 spiro atoms. The summed E-state index contributed by atoms with van der Waals surface area (Å²) in [6, 6.07) is 11.2. The van der Waals surface area contributed by atoms with Crippen LogP contribution in [0.1, 0.15) is 69.7 Å². The first-order valence-corrected chi connectivity index (χ1v) is 13.5. The lowest BCUT2D eigenvalue weighted by molar-refractivity contribution is 0.0601. The van der Waals surface area contributed by atoms with Gasteiger partial charge >= 0.3 is 5.97 Å². The van der Waals surface area contributed by atoms with Gasteiger partial charge in [-0.2, -0.15) is 0 Å². The first-order valence-electron chi connectivity index (χ1n) is 13.5. The van der Waals surface area contributed by atoms with Crippen molar-refractivity contribution in [2.75, 3.05) is 20.3 Å². The molecule has 0 atom stereocenters. The largest absolute Gasteiger partial charge is 0.465 e. The van der Waals surface area contributed by atoms with Crippen LogP contribution in [0.25, 0.3) is 22.3 Å². The Bertz CT molecular complexity index is 1450. The highest BCUT2D eigenvalue weighted by molar-refractivity contribution is 5.93. The molecule has 1 saturated heterocycles. The Balaban J connectivity index is 0.000000434. The van der Waals surface area contributed by atoms with E-state index in [1.54, 1.807) is 18.2 Å². The minimum absolute atomic E-state index is 0.0244. The predicted octanol–water partition coefficient (Wildman–Crippen LogP) is 7.06. The number of nitrogens with zero attached hydrogens (tertiary/aromatic N) is 1. The average Bonchev–Trinajstić information content (AvgIpc) is 3.56. The van der Waals surface area contributed by atoms with E-state index in [0.29, 0.717) is 27.8 Å². The fourth-order valence-corrected chi connectivity index (χ4v) is 3.88. The van der Waals surface area contributed by atoms with E-state index in [2.05, 4.69) is 33.5 Å². The summed E-state index contributed by atoms with van der Waals surface area (Å²) in [5.41, 5.74) is 1.87. The fraction of sp³-hybridized carbons (Fsp3) is 0.387. The van der Waals surface area contributed by atoms with Gasteiger partial charge in [-0.05, 0) is 53.8 Å². The molecule has 0 amide bonds. The van der Waals surface area contributed by atoms with Crippen LogP contribution in [-0.2, 0) is 15.9 Å². The molecule has 0 unspecified atom stereocenters. The van der Waals surface area contributed by atoms with Crippen LogP contribution in [-0.4, -0.2) is 41.2 Å². The second-order valence-electron chi connectivity index (χ2n) is 9.40. The summed E-state index contributed by atoms with van der Waals surface area (Å²) in [6.45, 7) is 14.4. The van der Waals surface area contributed by atoms with Crippen LogP contribution in [0.4, 0.5) is 8.78 Å². The molecule has 1 fully saturated rings. The van der Waals surface area contributed by atoms with Gasteiger partial charge in [-0.1, -0.05) is 47.6 Å². The second-order valence-corrected chi connectivity index (χ2v) is 9.40. The van der Waals surface area contributed by atoms with Gasteiger partial charge in [0.2, 0.25) is 5.56 Å². The Morgan fingerprint density at radius 1 is 1.02 bits per heavy atom. The number of hydrogen-bond donors (Lipinski definition) is 2. The molecule has 40 heavy (non-hydrogen) atoms. The van der Waals surface area contributed by atoms with Gasteiger partial charge in [0.25, 0.3) is 0 Å². The van der Waals surface area contributed by atoms with Gasteiger partial charge in [-0.3, -0.25) is 4.79 Å². The molecule has 9 heteroatoms. The normalized spacial score (nSPS) is 13.2. The lowest BCUT2D eigenvalue weighted by Crippen LogP contribution is -2.08. The molecule has 2 N–H and O–H groups in total. The van der Waals surface area contributed by atoms with Crippen molar-refractivity contribution in [1.29, 1.82) is 0 Å². The molecule has 4 aromatic rings. The van der Waals surface area contributed by atoms with Crippen molar-refractivity contribution in [2.45, 2.75) is 54.4 Å². The highest BCUT2D eigenvalue weighted by Crippen LogP contribution is 2.26. The molecule has 216 valence electrons. The third-order valence-corrected chi connectivity index (χ3v) is 5.92. The van der Waals surface area contributed by atoms with E-state index in [1.807, 2.05) is 27.7 Å². The maximum Gasteiger partial charge on any atom is 0.337 e. The van der Waals surface area contributed by atoms with Crippen molar-refractivity contribution in [3.8, 4) is 11.3 Å². The lowest BCUT2D eigenvalue weighted by Gasteiger charge is -2.11. The monoisotopic (exact) mass is 555 g/mol. The number of esters is 1. The van der Waals surface area contributed by atoms with Gasteiger partial charge in [-0.15, -0.1) is 0 Å². The molecule has 3 heterocycles. The van der Waals surface area contributed by atoms with E-state index < -0.39 is 23.2 Å². The molecule has 2 aromatic heterocycles. The zero-order valence-electron chi connectivity index (χ0n) is 24.3. The number of H-pyrrole nitrogens is 2. The number of aromatic amines is 2. The molecule has 0 saturated carbocycles. The number of halogens is 2. The third kappa shape index (κ3) is 8.58. The van der Waals surface area contributed by atoms with E-state index in [-0.39, 0.29) is 23.2 Å². The summed E-state index contributed by atoms with van der Waals surface area (Å²) >= 11 is 0. The quantitative estimate of drug-likeness (QED) is 0.263. The second kappa shape index (κ2) is 15.1. The first-order chi connectivity index (χ1) is 19.1. The topological polar surface area (TPSA) is 97.1 Å². The number of benzene rings is 2. The summed E-state index contributed by atoms with van der Waals surface area (Å²) in [6.07, 6.45) is 1.25. The molecule has 0 bridgehead atoms. The molecule has 1 aliphatic rings. The van der Waals surface area contributed by atoms with Crippen molar-refractivity contribution >= 4 is 17.0 Å². The van der Waals surface area contributed by atoms with Crippen LogP contribution in [0.2, 0.25) is 0 Å². The zero-order valence-corrected chi connectivity index (χ0v) is 24.3. The molecule has 1 aliphatic heterocycles. The van der Waals surface area contributed by atoms with Crippen molar-refractivity contribution in [2.24, 2.45) is 5.41 Å². The number of nitrogens with one attached hydrogen (secondary N) is 2. The van der Waals surface area contributed by atoms with Crippen LogP contribution in [0, 0.1) is 17.0 Å². The van der Waals surface area contributed by atoms with Crippen LogP contribution in [0.3, 0.4) is 0 Å². The predicted molar refractivity (Wildman–Crippen MR) is 155 cm³/mol. The maximum absolute atomic E-state index is 14.6. The summed E-state index contributed by atoms with van der Waals surface area (Å²) in [4.78, 5) is 32.9. The standard InChI is InChI=1S/C21H15F2N3O3.C6H12O.2C2H6/c1-29-21(28)11-5-6-17-18(8-11)25-19(24-17)9-12-7-15(23)13(10-14(12)22)16-3-2-4-20(27)26-16;1-6(2)3-4-7-5-6;2*1-2/h2-8,10H,9H2,1H3,(H,24,25)(H,26,27);3-5H2,1-2H3;2*1-2H3. The summed E-state index contributed by atoms with van der Waals surface area (Å²) in [5, 5.41) is 0. The van der Waals surface area contributed by atoms with Crippen LogP contribution in [0.5, 0.6) is 0 Å². The lowest BCUT2D eigenvalue weighted by atomic mass is 9.94. The van der Waals surface area contributed by atoms with Crippen molar-refractivity contribution < 1.29 is 23.0 Å². The minimum Gasteiger partial charge on any atom is -0.465 e. The molecule has 0 aliphatic carbocycles.